The second kappa shape index (κ2) is 7.94. The number of nitrogens with one attached hydrogen (secondary N) is 1. The van der Waals surface area contributed by atoms with E-state index in [-0.39, 0.29) is 5.91 Å². The fraction of sp³-hybridized carbons (Fsp3) is 0.125. The summed E-state index contributed by atoms with van der Waals surface area (Å²) in [5.41, 5.74) is 1.22. The second-order valence-electron chi connectivity index (χ2n) is 5.29. The molecule has 134 valence electrons. The first-order valence-electron chi connectivity index (χ1n) is 7.49. The first kappa shape index (κ1) is 18.5. The van der Waals surface area contributed by atoms with Gasteiger partial charge in [0.2, 0.25) is 11.1 Å². The molecule has 0 bridgehead atoms. The Kier molecular flexibility index (Phi) is 5.65. The molecule has 1 atom stereocenters. The molecule has 2 heterocycles. The number of carbonyl (C=O) groups excluding carboxylic acids is 1. The number of carbonyl (C=O) groups is 1. The quantitative estimate of drug-likeness (QED) is 0.495. The molecule has 0 saturated carbocycles. The molecule has 10 heteroatoms. The highest BCUT2D eigenvalue weighted by Gasteiger charge is 2.20. The molecule has 3 N–H and O–H groups in total. The Balaban J connectivity index is 1.71. The van der Waals surface area contributed by atoms with E-state index < -0.39 is 5.25 Å². The number of pyridine rings is 1. The summed E-state index contributed by atoms with van der Waals surface area (Å²) in [5.74, 6) is 6.27. The number of anilines is 1. The topological polar surface area (TPSA) is 98.7 Å². The summed E-state index contributed by atoms with van der Waals surface area (Å²) in [5, 5.41) is 11.7. The standard InChI is InChI=1S/C16H14Cl2N6OS/c1-9(15(25)21-13-5-4-11(17)7-12(13)18)26-16-23-22-14(24(16)19)10-3-2-6-20-8-10/h2-9H,19H2,1H3,(H,21,25). The van der Waals surface area contributed by atoms with E-state index in [0.717, 1.165) is 5.56 Å². The zero-order valence-corrected chi connectivity index (χ0v) is 15.9. The van der Waals surface area contributed by atoms with Crippen LogP contribution >= 0.6 is 35.0 Å². The molecule has 0 saturated heterocycles. The van der Waals surface area contributed by atoms with Gasteiger partial charge in [0.15, 0.2) is 5.82 Å². The predicted molar refractivity (Wildman–Crippen MR) is 104 cm³/mol. The number of hydrogen-bond acceptors (Lipinski definition) is 6. The van der Waals surface area contributed by atoms with Gasteiger partial charge in [-0.1, -0.05) is 35.0 Å². The number of nitrogen functional groups attached to an aromatic ring is 1. The Morgan fingerprint density at radius 3 is 2.81 bits per heavy atom. The number of benzene rings is 1. The smallest absolute Gasteiger partial charge is 0.237 e. The minimum atomic E-state index is -0.477. The number of nitrogens with two attached hydrogens (primary N) is 1. The molecule has 0 fully saturated rings. The van der Waals surface area contributed by atoms with Crippen LogP contribution in [-0.4, -0.2) is 31.0 Å². The van der Waals surface area contributed by atoms with Gasteiger partial charge in [0.25, 0.3) is 0 Å². The molecule has 1 aromatic carbocycles. The van der Waals surface area contributed by atoms with Crippen molar-refractivity contribution in [3.05, 3.63) is 52.8 Å². The summed E-state index contributed by atoms with van der Waals surface area (Å²) in [6.07, 6.45) is 3.30. The lowest BCUT2D eigenvalue weighted by Gasteiger charge is -2.12. The van der Waals surface area contributed by atoms with Gasteiger partial charge in [-0.25, -0.2) is 4.68 Å². The van der Waals surface area contributed by atoms with Gasteiger partial charge in [-0.3, -0.25) is 9.78 Å². The Bertz CT molecular complexity index is 934. The molecule has 3 rings (SSSR count). The van der Waals surface area contributed by atoms with Crippen LogP contribution in [0.5, 0.6) is 0 Å². The normalized spacial score (nSPS) is 12.0. The summed E-state index contributed by atoms with van der Waals surface area (Å²) in [6, 6.07) is 8.47. The minimum Gasteiger partial charge on any atom is -0.335 e. The zero-order valence-electron chi connectivity index (χ0n) is 13.6. The molecule has 26 heavy (non-hydrogen) atoms. The first-order valence-corrected chi connectivity index (χ1v) is 9.12. The highest BCUT2D eigenvalue weighted by atomic mass is 35.5. The number of thioether (sulfide) groups is 1. The van der Waals surface area contributed by atoms with Crippen molar-refractivity contribution < 1.29 is 4.79 Å². The van der Waals surface area contributed by atoms with Gasteiger partial charge in [-0.15, -0.1) is 10.2 Å². The Morgan fingerprint density at radius 1 is 1.31 bits per heavy atom. The lowest BCUT2D eigenvalue weighted by Crippen LogP contribution is -2.23. The summed E-state index contributed by atoms with van der Waals surface area (Å²) in [7, 11) is 0. The summed E-state index contributed by atoms with van der Waals surface area (Å²) >= 11 is 13.1. The van der Waals surface area contributed by atoms with Gasteiger partial charge in [0, 0.05) is 23.0 Å². The third kappa shape index (κ3) is 4.09. The van der Waals surface area contributed by atoms with E-state index in [9.17, 15) is 4.79 Å². The number of aromatic nitrogens is 4. The van der Waals surface area contributed by atoms with Gasteiger partial charge in [-0.05, 0) is 37.3 Å². The molecule has 1 unspecified atom stereocenters. The van der Waals surface area contributed by atoms with Crippen molar-refractivity contribution in [2.24, 2.45) is 0 Å². The van der Waals surface area contributed by atoms with Crippen molar-refractivity contribution in [2.45, 2.75) is 17.3 Å². The average molecular weight is 409 g/mol. The van der Waals surface area contributed by atoms with Crippen LogP contribution in [0.3, 0.4) is 0 Å². The Labute approximate surface area is 163 Å². The van der Waals surface area contributed by atoms with E-state index in [2.05, 4.69) is 20.5 Å². The molecular weight excluding hydrogens is 395 g/mol. The van der Waals surface area contributed by atoms with E-state index in [0.29, 0.717) is 26.7 Å². The van der Waals surface area contributed by atoms with Crippen LogP contribution in [0.15, 0.2) is 47.9 Å². The fourth-order valence-corrected chi connectivity index (χ4v) is 3.31. The SMILES string of the molecule is CC(Sc1nnc(-c2cccnc2)n1N)C(=O)Nc1ccc(Cl)cc1Cl. The lowest BCUT2D eigenvalue weighted by molar-refractivity contribution is -0.115. The van der Waals surface area contributed by atoms with E-state index in [1.807, 2.05) is 6.07 Å². The van der Waals surface area contributed by atoms with Crippen LogP contribution in [0.25, 0.3) is 11.4 Å². The van der Waals surface area contributed by atoms with E-state index in [4.69, 9.17) is 29.0 Å². The molecule has 0 aliphatic heterocycles. The van der Waals surface area contributed by atoms with Crippen LogP contribution < -0.4 is 11.2 Å². The van der Waals surface area contributed by atoms with E-state index in [1.54, 1.807) is 43.6 Å². The second-order valence-corrected chi connectivity index (χ2v) is 7.44. The number of halogens is 2. The maximum atomic E-state index is 12.4. The molecule has 1 amide bonds. The number of rotatable bonds is 5. The van der Waals surface area contributed by atoms with Crippen molar-refractivity contribution in [3.8, 4) is 11.4 Å². The molecule has 7 nitrogen and oxygen atoms in total. The zero-order chi connectivity index (χ0) is 18.7. The molecule has 3 aromatic rings. The van der Waals surface area contributed by atoms with Gasteiger partial charge < -0.3 is 11.2 Å². The number of hydrogen-bond donors (Lipinski definition) is 2. The maximum Gasteiger partial charge on any atom is 0.237 e. The highest BCUT2D eigenvalue weighted by molar-refractivity contribution is 8.00. The van der Waals surface area contributed by atoms with E-state index >= 15 is 0 Å². The lowest BCUT2D eigenvalue weighted by atomic mass is 10.3. The Morgan fingerprint density at radius 2 is 2.12 bits per heavy atom. The van der Waals surface area contributed by atoms with Crippen molar-refractivity contribution in [1.82, 2.24) is 19.9 Å². The van der Waals surface area contributed by atoms with Crippen molar-refractivity contribution in [3.63, 3.8) is 0 Å². The van der Waals surface area contributed by atoms with E-state index in [1.165, 1.54) is 16.4 Å². The van der Waals surface area contributed by atoms with Crippen LogP contribution in [0.4, 0.5) is 5.69 Å². The number of nitrogens with zero attached hydrogens (tertiary/aromatic N) is 4. The van der Waals surface area contributed by atoms with Gasteiger partial charge in [0.05, 0.1) is 16.0 Å². The average Bonchev–Trinajstić information content (AvgIpc) is 2.98. The van der Waals surface area contributed by atoms with Crippen LogP contribution in [0.1, 0.15) is 6.92 Å². The largest absolute Gasteiger partial charge is 0.335 e. The van der Waals surface area contributed by atoms with Gasteiger partial charge >= 0.3 is 0 Å². The van der Waals surface area contributed by atoms with Crippen LogP contribution in [-0.2, 0) is 4.79 Å². The number of amides is 1. The van der Waals surface area contributed by atoms with Crippen molar-refractivity contribution >= 4 is 46.6 Å². The molecule has 0 aliphatic rings. The Hall–Kier alpha value is -2.29. The highest BCUT2D eigenvalue weighted by Crippen LogP contribution is 2.28. The van der Waals surface area contributed by atoms with Gasteiger partial charge in [0.1, 0.15) is 0 Å². The molecule has 0 spiro atoms. The van der Waals surface area contributed by atoms with Crippen molar-refractivity contribution in [1.29, 1.82) is 0 Å². The molecule has 2 aromatic heterocycles. The molecular formula is C16H14Cl2N6OS. The molecule has 0 radical (unpaired) electrons. The summed E-state index contributed by atoms with van der Waals surface area (Å²) in [4.78, 5) is 16.4. The fourth-order valence-electron chi connectivity index (χ4n) is 2.09. The third-order valence-corrected chi connectivity index (χ3v) is 5.03. The van der Waals surface area contributed by atoms with Crippen molar-refractivity contribution in [2.75, 3.05) is 11.2 Å². The van der Waals surface area contributed by atoms with Crippen LogP contribution in [0.2, 0.25) is 10.0 Å². The maximum absolute atomic E-state index is 12.4. The summed E-state index contributed by atoms with van der Waals surface area (Å²) in [6.45, 7) is 1.74. The summed E-state index contributed by atoms with van der Waals surface area (Å²) < 4.78 is 1.33. The van der Waals surface area contributed by atoms with Gasteiger partial charge in [-0.2, -0.15) is 0 Å². The minimum absolute atomic E-state index is 0.245. The predicted octanol–water partition coefficient (Wildman–Crippen LogP) is 3.48. The third-order valence-electron chi connectivity index (χ3n) is 3.42. The molecule has 0 aliphatic carbocycles. The first-order chi connectivity index (χ1) is 12.5. The van der Waals surface area contributed by atoms with Crippen LogP contribution in [0, 0.1) is 0 Å². The monoisotopic (exact) mass is 408 g/mol.